The number of carbonyl (C=O) groups is 3. The molecule has 35 heavy (non-hydrogen) atoms. The maximum Gasteiger partial charge on any atom is 0.339 e. The van der Waals surface area contributed by atoms with Crippen LogP contribution in [0.4, 0.5) is 5.69 Å². The fourth-order valence-electron chi connectivity index (χ4n) is 3.38. The highest BCUT2D eigenvalue weighted by molar-refractivity contribution is 7.99. The van der Waals surface area contributed by atoms with Gasteiger partial charge in [-0.3, -0.25) is 9.59 Å². The maximum atomic E-state index is 12.8. The number of ether oxygens (including phenoxy) is 1. The van der Waals surface area contributed by atoms with Crippen molar-refractivity contribution in [3.8, 4) is 0 Å². The summed E-state index contributed by atoms with van der Waals surface area (Å²) in [6, 6.07) is 13.6. The maximum absolute atomic E-state index is 12.8. The predicted octanol–water partition coefficient (Wildman–Crippen LogP) is 3.77. The summed E-state index contributed by atoms with van der Waals surface area (Å²) in [7, 11) is 3.09. The number of benzene rings is 2. The number of rotatable bonds is 9. The number of amides is 2. The van der Waals surface area contributed by atoms with E-state index in [0.717, 1.165) is 5.56 Å². The van der Waals surface area contributed by atoms with Crippen molar-refractivity contribution in [2.75, 3.05) is 18.2 Å². The van der Waals surface area contributed by atoms with E-state index in [0.29, 0.717) is 22.2 Å². The monoisotopic (exact) mass is 495 g/mol. The van der Waals surface area contributed by atoms with Crippen LogP contribution in [-0.4, -0.2) is 45.4 Å². The second-order valence-corrected chi connectivity index (χ2v) is 9.28. The van der Waals surface area contributed by atoms with E-state index in [1.54, 1.807) is 48.0 Å². The first-order valence-corrected chi connectivity index (χ1v) is 12.1. The van der Waals surface area contributed by atoms with Crippen molar-refractivity contribution in [3.63, 3.8) is 0 Å². The van der Waals surface area contributed by atoms with Gasteiger partial charge in [0.25, 0.3) is 5.91 Å². The SMILES string of the molecule is COC(=O)c1ccccc1NC(=O)CSc1nnc(C(NC(=O)c2ccc(C)cc2)C(C)C)n1C. The summed E-state index contributed by atoms with van der Waals surface area (Å²) in [5, 5.41) is 14.8. The zero-order chi connectivity index (χ0) is 25.5. The molecule has 1 heterocycles. The molecule has 0 bridgehead atoms. The van der Waals surface area contributed by atoms with Gasteiger partial charge >= 0.3 is 5.97 Å². The van der Waals surface area contributed by atoms with E-state index in [-0.39, 0.29) is 35.1 Å². The van der Waals surface area contributed by atoms with E-state index in [4.69, 9.17) is 4.74 Å². The fraction of sp³-hybridized carbons (Fsp3) is 0.320. The predicted molar refractivity (Wildman–Crippen MR) is 134 cm³/mol. The van der Waals surface area contributed by atoms with Crippen LogP contribution in [0.15, 0.2) is 53.7 Å². The van der Waals surface area contributed by atoms with E-state index in [1.165, 1.54) is 18.9 Å². The number of para-hydroxylation sites is 1. The molecule has 184 valence electrons. The minimum atomic E-state index is -0.529. The van der Waals surface area contributed by atoms with E-state index >= 15 is 0 Å². The van der Waals surface area contributed by atoms with Crippen molar-refractivity contribution in [2.24, 2.45) is 13.0 Å². The van der Waals surface area contributed by atoms with Gasteiger partial charge in [-0.1, -0.05) is 55.4 Å². The number of carbonyl (C=O) groups excluding carboxylic acids is 3. The zero-order valence-corrected chi connectivity index (χ0v) is 21.2. The van der Waals surface area contributed by atoms with Crippen molar-refractivity contribution in [1.82, 2.24) is 20.1 Å². The molecule has 3 aromatic rings. The van der Waals surface area contributed by atoms with Crippen molar-refractivity contribution in [2.45, 2.75) is 32.0 Å². The number of hydrogen-bond acceptors (Lipinski definition) is 7. The Morgan fingerprint density at radius 3 is 2.40 bits per heavy atom. The molecule has 0 aliphatic heterocycles. The van der Waals surface area contributed by atoms with Crippen LogP contribution in [-0.2, 0) is 16.6 Å². The van der Waals surface area contributed by atoms with Gasteiger partial charge in [0.2, 0.25) is 5.91 Å². The molecule has 2 amide bonds. The Labute approximate surface area is 208 Å². The topological polar surface area (TPSA) is 115 Å². The largest absolute Gasteiger partial charge is 0.465 e. The van der Waals surface area contributed by atoms with Crippen LogP contribution in [0.2, 0.25) is 0 Å². The second-order valence-electron chi connectivity index (χ2n) is 8.33. The Hall–Kier alpha value is -3.66. The number of nitrogens with one attached hydrogen (secondary N) is 2. The van der Waals surface area contributed by atoms with Crippen LogP contribution in [0.3, 0.4) is 0 Å². The molecule has 1 unspecified atom stereocenters. The number of nitrogens with zero attached hydrogens (tertiary/aromatic N) is 3. The second kappa shape index (κ2) is 11.7. The third-order valence-corrected chi connectivity index (χ3v) is 6.37. The number of anilines is 1. The highest BCUT2D eigenvalue weighted by Gasteiger charge is 2.25. The first kappa shape index (κ1) is 26.0. The Morgan fingerprint density at radius 1 is 1.06 bits per heavy atom. The van der Waals surface area contributed by atoms with Gasteiger partial charge in [0.15, 0.2) is 11.0 Å². The lowest BCUT2D eigenvalue weighted by Gasteiger charge is -2.21. The smallest absolute Gasteiger partial charge is 0.339 e. The van der Waals surface area contributed by atoms with E-state index in [2.05, 4.69) is 20.8 Å². The number of esters is 1. The summed E-state index contributed by atoms with van der Waals surface area (Å²) in [5.41, 5.74) is 2.30. The Balaban J connectivity index is 1.67. The summed E-state index contributed by atoms with van der Waals surface area (Å²) in [6.07, 6.45) is 0. The molecule has 0 fully saturated rings. The molecule has 10 heteroatoms. The summed E-state index contributed by atoms with van der Waals surface area (Å²) < 4.78 is 6.54. The number of aryl methyl sites for hydroxylation is 1. The third kappa shape index (κ3) is 6.48. The first-order valence-electron chi connectivity index (χ1n) is 11.1. The lowest BCUT2D eigenvalue weighted by atomic mass is 10.0. The number of thioether (sulfide) groups is 1. The summed E-state index contributed by atoms with van der Waals surface area (Å²) in [6.45, 7) is 5.96. The molecule has 0 radical (unpaired) electrons. The average Bonchev–Trinajstić information content (AvgIpc) is 3.20. The summed E-state index contributed by atoms with van der Waals surface area (Å²) in [5.74, 6) is -0.307. The minimum Gasteiger partial charge on any atom is -0.465 e. The normalized spacial score (nSPS) is 11.7. The van der Waals surface area contributed by atoms with Crippen LogP contribution >= 0.6 is 11.8 Å². The molecule has 0 saturated carbocycles. The van der Waals surface area contributed by atoms with Crippen LogP contribution in [0.5, 0.6) is 0 Å². The highest BCUT2D eigenvalue weighted by atomic mass is 32.2. The van der Waals surface area contributed by atoms with Crippen molar-refractivity contribution >= 4 is 35.2 Å². The molecule has 1 atom stereocenters. The zero-order valence-electron chi connectivity index (χ0n) is 20.4. The fourth-order valence-corrected chi connectivity index (χ4v) is 4.10. The molecular weight excluding hydrogens is 466 g/mol. The van der Waals surface area contributed by atoms with Gasteiger partial charge < -0.3 is 19.9 Å². The van der Waals surface area contributed by atoms with Crippen LogP contribution in [0.25, 0.3) is 0 Å². The van der Waals surface area contributed by atoms with Gasteiger partial charge in [0, 0.05) is 12.6 Å². The average molecular weight is 496 g/mol. The van der Waals surface area contributed by atoms with Crippen LogP contribution in [0, 0.1) is 12.8 Å². The molecule has 2 aromatic carbocycles. The Bertz CT molecular complexity index is 1210. The van der Waals surface area contributed by atoms with Crippen LogP contribution < -0.4 is 10.6 Å². The molecule has 9 nitrogen and oxygen atoms in total. The molecule has 1 aromatic heterocycles. The molecule has 0 spiro atoms. The molecule has 0 aliphatic rings. The quantitative estimate of drug-likeness (QED) is 0.343. The molecule has 0 saturated heterocycles. The number of hydrogen-bond donors (Lipinski definition) is 2. The Morgan fingerprint density at radius 2 is 1.74 bits per heavy atom. The lowest BCUT2D eigenvalue weighted by Crippen LogP contribution is -2.33. The van der Waals surface area contributed by atoms with Gasteiger partial charge in [-0.05, 0) is 37.1 Å². The van der Waals surface area contributed by atoms with Crippen LogP contribution in [0.1, 0.15) is 52.0 Å². The Kier molecular flexibility index (Phi) is 8.64. The van der Waals surface area contributed by atoms with Gasteiger partial charge in [-0.25, -0.2) is 4.79 Å². The number of methoxy groups -OCH3 is 1. The van der Waals surface area contributed by atoms with E-state index < -0.39 is 5.97 Å². The minimum absolute atomic E-state index is 0.0586. The van der Waals surface area contributed by atoms with E-state index in [9.17, 15) is 14.4 Å². The van der Waals surface area contributed by atoms with Crippen molar-refractivity contribution < 1.29 is 19.1 Å². The molecule has 2 N–H and O–H groups in total. The standard InChI is InChI=1S/C25H29N5O4S/c1-15(2)21(27-23(32)17-12-10-16(3)11-13-17)22-28-29-25(30(22)4)35-14-20(31)26-19-9-7-6-8-18(19)24(33)34-5/h6-13,15,21H,14H2,1-5H3,(H,26,31)(H,27,32). The summed E-state index contributed by atoms with van der Waals surface area (Å²) in [4.78, 5) is 37.2. The third-order valence-electron chi connectivity index (χ3n) is 5.35. The van der Waals surface area contributed by atoms with Crippen molar-refractivity contribution in [3.05, 3.63) is 71.0 Å². The summed E-state index contributed by atoms with van der Waals surface area (Å²) >= 11 is 1.21. The lowest BCUT2D eigenvalue weighted by molar-refractivity contribution is -0.113. The highest BCUT2D eigenvalue weighted by Crippen LogP contribution is 2.25. The first-order chi connectivity index (χ1) is 16.7. The number of aromatic nitrogens is 3. The van der Waals surface area contributed by atoms with E-state index in [1.807, 2.05) is 32.9 Å². The van der Waals surface area contributed by atoms with Crippen molar-refractivity contribution in [1.29, 1.82) is 0 Å². The van der Waals surface area contributed by atoms with Gasteiger partial charge in [-0.15, -0.1) is 10.2 Å². The van der Waals surface area contributed by atoms with Gasteiger partial charge in [0.1, 0.15) is 0 Å². The molecular formula is C25H29N5O4S. The van der Waals surface area contributed by atoms with Gasteiger partial charge in [-0.2, -0.15) is 0 Å². The molecule has 0 aliphatic carbocycles. The van der Waals surface area contributed by atoms with Gasteiger partial charge in [0.05, 0.1) is 30.2 Å². The molecule has 3 rings (SSSR count).